The topological polar surface area (TPSA) is 82.5 Å². The smallest absolute Gasteiger partial charge is 0.225 e. The van der Waals surface area contributed by atoms with Gasteiger partial charge >= 0.3 is 0 Å². The van der Waals surface area contributed by atoms with Gasteiger partial charge in [-0.05, 0) is 74.6 Å². The molecule has 0 amide bonds. The number of aliphatic hydroxyl groups is 1. The molecule has 33 heavy (non-hydrogen) atoms. The number of nitrogens with one attached hydrogen (secondary N) is 2. The van der Waals surface area contributed by atoms with Gasteiger partial charge in [-0.1, -0.05) is 11.6 Å². The van der Waals surface area contributed by atoms with E-state index in [1.165, 1.54) is 6.42 Å². The molecule has 1 unspecified atom stereocenters. The van der Waals surface area contributed by atoms with E-state index < -0.39 is 6.23 Å². The highest BCUT2D eigenvalue weighted by molar-refractivity contribution is 6.30. The first-order valence-corrected chi connectivity index (χ1v) is 12.5. The summed E-state index contributed by atoms with van der Waals surface area (Å²) in [4.78, 5) is 10.9. The molecule has 0 spiro atoms. The molecule has 0 radical (unpaired) electrons. The standard InChI is InChI=1S/C25H36ClN5O2/c1-17-10-22(11-18(2)23(17)24(32)28-14-20-12-27-13-20)33-9-3-4-19-5-7-31(8-6-19)25-29-15-21(26)16-30-25/h10-11,15-16,19-20,24,27-28,32H,3-9,12-14H2,1-2H3. The number of aryl methyl sites for hydroxylation is 2. The van der Waals surface area contributed by atoms with Crippen LogP contribution in [0.5, 0.6) is 5.75 Å². The molecule has 1 aromatic heterocycles. The highest BCUT2D eigenvalue weighted by Gasteiger charge is 2.22. The molecule has 2 saturated heterocycles. The Morgan fingerprint density at radius 3 is 2.42 bits per heavy atom. The van der Waals surface area contributed by atoms with Crippen molar-refractivity contribution in [2.75, 3.05) is 44.2 Å². The lowest BCUT2D eigenvalue weighted by Gasteiger charge is -2.32. The highest BCUT2D eigenvalue weighted by Crippen LogP contribution is 2.28. The fourth-order valence-corrected chi connectivity index (χ4v) is 4.87. The predicted molar refractivity (Wildman–Crippen MR) is 132 cm³/mol. The summed E-state index contributed by atoms with van der Waals surface area (Å²) in [5, 5.41) is 17.7. The molecule has 3 heterocycles. The number of hydrogen-bond donors (Lipinski definition) is 3. The maximum atomic E-state index is 10.6. The number of nitrogens with zero attached hydrogens (tertiary/aromatic N) is 3. The Labute approximate surface area is 201 Å². The van der Waals surface area contributed by atoms with Crippen LogP contribution >= 0.6 is 11.6 Å². The van der Waals surface area contributed by atoms with Gasteiger partial charge in [0.2, 0.25) is 5.95 Å². The number of halogens is 1. The van der Waals surface area contributed by atoms with Crippen LogP contribution in [0.4, 0.5) is 5.95 Å². The summed E-state index contributed by atoms with van der Waals surface area (Å²) in [6.45, 7) is 9.67. The Kier molecular flexibility index (Phi) is 8.41. The van der Waals surface area contributed by atoms with Crippen molar-refractivity contribution in [3.8, 4) is 5.75 Å². The van der Waals surface area contributed by atoms with Crippen molar-refractivity contribution in [1.29, 1.82) is 0 Å². The van der Waals surface area contributed by atoms with Gasteiger partial charge in [0, 0.05) is 38.3 Å². The van der Waals surface area contributed by atoms with Crippen molar-refractivity contribution in [3.05, 3.63) is 46.2 Å². The maximum Gasteiger partial charge on any atom is 0.225 e. The second kappa shape index (κ2) is 11.5. The van der Waals surface area contributed by atoms with Gasteiger partial charge in [0.1, 0.15) is 12.0 Å². The number of benzene rings is 1. The van der Waals surface area contributed by atoms with Crippen LogP contribution in [0, 0.1) is 25.7 Å². The summed E-state index contributed by atoms with van der Waals surface area (Å²) >= 11 is 5.89. The predicted octanol–water partition coefficient (Wildman–Crippen LogP) is 3.62. The van der Waals surface area contributed by atoms with Crippen molar-refractivity contribution < 1.29 is 9.84 Å². The van der Waals surface area contributed by atoms with E-state index in [9.17, 15) is 5.11 Å². The Hall–Kier alpha value is -1.93. The molecule has 7 nitrogen and oxygen atoms in total. The first-order valence-electron chi connectivity index (χ1n) is 12.1. The van der Waals surface area contributed by atoms with E-state index in [2.05, 4.69) is 25.5 Å². The number of aliphatic hydroxyl groups excluding tert-OH is 1. The lowest BCUT2D eigenvalue weighted by Crippen LogP contribution is -2.47. The van der Waals surface area contributed by atoms with E-state index in [0.717, 1.165) is 86.3 Å². The molecule has 2 fully saturated rings. The summed E-state index contributed by atoms with van der Waals surface area (Å²) in [5.41, 5.74) is 3.09. The number of rotatable bonds is 10. The summed E-state index contributed by atoms with van der Waals surface area (Å²) in [7, 11) is 0. The lowest BCUT2D eigenvalue weighted by molar-refractivity contribution is 0.125. The van der Waals surface area contributed by atoms with E-state index >= 15 is 0 Å². The normalized spacial score (nSPS) is 18.2. The molecule has 0 saturated carbocycles. The van der Waals surface area contributed by atoms with Crippen molar-refractivity contribution in [1.82, 2.24) is 20.6 Å². The van der Waals surface area contributed by atoms with E-state index in [1.807, 2.05) is 26.0 Å². The molecule has 3 N–H and O–H groups in total. The zero-order chi connectivity index (χ0) is 23.2. The fraction of sp³-hybridized carbons (Fsp3) is 0.600. The molecule has 2 aliphatic heterocycles. The number of anilines is 1. The van der Waals surface area contributed by atoms with Crippen LogP contribution in [0.3, 0.4) is 0 Å². The molecule has 1 atom stereocenters. The average Bonchev–Trinajstić information content (AvgIpc) is 2.76. The fourth-order valence-electron chi connectivity index (χ4n) is 4.78. The number of piperidine rings is 1. The van der Waals surface area contributed by atoms with Crippen molar-refractivity contribution in [2.24, 2.45) is 11.8 Å². The molecule has 180 valence electrons. The van der Waals surface area contributed by atoms with Gasteiger partial charge in [0.25, 0.3) is 0 Å². The number of ether oxygens (including phenoxy) is 1. The average molecular weight is 474 g/mol. The summed E-state index contributed by atoms with van der Waals surface area (Å²) < 4.78 is 6.07. The molecule has 2 aromatic rings. The number of hydrogen-bond acceptors (Lipinski definition) is 7. The second-order valence-corrected chi connectivity index (χ2v) is 9.86. The molecule has 4 rings (SSSR count). The van der Waals surface area contributed by atoms with Gasteiger partial charge in [0.15, 0.2) is 0 Å². The Morgan fingerprint density at radius 1 is 1.15 bits per heavy atom. The summed E-state index contributed by atoms with van der Waals surface area (Å²) in [6, 6.07) is 4.09. The first-order chi connectivity index (χ1) is 16.0. The zero-order valence-corrected chi connectivity index (χ0v) is 20.4. The van der Waals surface area contributed by atoms with Crippen LogP contribution in [0.25, 0.3) is 0 Å². The number of aromatic nitrogens is 2. The monoisotopic (exact) mass is 473 g/mol. The van der Waals surface area contributed by atoms with Crippen molar-refractivity contribution in [2.45, 2.75) is 45.8 Å². The van der Waals surface area contributed by atoms with E-state index in [0.29, 0.717) is 17.5 Å². The quantitative estimate of drug-likeness (QED) is 0.359. The molecule has 0 aliphatic carbocycles. The van der Waals surface area contributed by atoms with Crippen LogP contribution in [0.1, 0.15) is 48.6 Å². The van der Waals surface area contributed by atoms with Crippen LogP contribution in [-0.4, -0.2) is 54.4 Å². The van der Waals surface area contributed by atoms with Crippen molar-refractivity contribution >= 4 is 17.5 Å². The first kappa shape index (κ1) is 24.2. The van der Waals surface area contributed by atoms with E-state index in [-0.39, 0.29) is 0 Å². The van der Waals surface area contributed by atoms with E-state index in [4.69, 9.17) is 16.3 Å². The minimum Gasteiger partial charge on any atom is -0.494 e. The lowest BCUT2D eigenvalue weighted by atomic mass is 9.92. The third kappa shape index (κ3) is 6.57. The highest BCUT2D eigenvalue weighted by atomic mass is 35.5. The summed E-state index contributed by atoms with van der Waals surface area (Å²) in [5.74, 6) is 2.99. The minimum atomic E-state index is -0.635. The molecule has 1 aromatic carbocycles. The Morgan fingerprint density at radius 2 is 1.82 bits per heavy atom. The van der Waals surface area contributed by atoms with Gasteiger partial charge in [-0.2, -0.15) is 0 Å². The van der Waals surface area contributed by atoms with Crippen LogP contribution in [-0.2, 0) is 0 Å². The third-order valence-electron chi connectivity index (χ3n) is 6.84. The largest absolute Gasteiger partial charge is 0.494 e. The maximum absolute atomic E-state index is 10.6. The summed E-state index contributed by atoms with van der Waals surface area (Å²) in [6.07, 6.45) is 7.21. The molecular formula is C25H36ClN5O2. The molecular weight excluding hydrogens is 438 g/mol. The van der Waals surface area contributed by atoms with Crippen LogP contribution in [0.2, 0.25) is 5.02 Å². The van der Waals surface area contributed by atoms with E-state index in [1.54, 1.807) is 12.4 Å². The Bertz CT molecular complexity index is 875. The molecule has 8 heteroatoms. The van der Waals surface area contributed by atoms with Gasteiger partial charge < -0.3 is 20.1 Å². The minimum absolute atomic E-state index is 0.572. The van der Waals surface area contributed by atoms with Gasteiger partial charge in [-0.15, -0.1) is 0 Å². The van der Waals surface area contributed by atoms with Gasteiger partial charge in [0.05, 0.1) is 24.0 Å². The zero-order valence-electron chi connectivity index (χ0n) is 19.7. The van der Waals surface area contributed by atoms with Crippen molar-refractivity contribution in [3.63, 3.8) is 0 Å². The molecule has 2 aliphatic rings. The van der Waals surface area contributed by atoms with Crippen LogP contribution < -0.4 is 20.3 Å². The van der Waals surface area contributed by atoms with Gasteiger partial charge in [-0.3, -0.25) is 5.32 Å². The third-order valence-corrected chi connectivity index (χ3v) is 7.03. The second-order valence-electron chi connectivity index (χ2n) is 9.43. The SMILES string of the molecule is Cc1cc(OCCCC2CCN(c3ncc(Cl)cn3)CC2)cc(C)c1C(O)NCC1CNC1. The van der Waals surface area contributed by atoms with Crippen LogP contribution in [0.15, 0.2) is 24.5 Å². The Balaban J connectivity index is 1.18. The molecule has 0 bridgehead atoms. The van der Waals surface area contributed by atoms with Gasteiger partial charge in [-0.25, -0.2) is 9.97 Å².